The van der Waals surface area contributed by atoms with Gasteiger partial charge in [-0.3, -0.25) is 0 Å². The van der Waals surface area contributed by atoms with E-state index in [-0.39, 0.29) is 12.4 Å². The van der Waals surface area contributed by atoms with Crippen LogP contribution in [0.15, 0.2) is 18.6 Å². The van der Waals surface area contributed by atoms with Gasteiger partial charge in [-0.2, -0.15) is 0 Å². The molecule has 3 heterocycles. The maximum atomic E-state index is 4.21. The van der Waals surface area contributed by atoms with Crippen LogP contribution in [0.3, 0.4) is 0 Å². The van der Waals surface area contributed by atoms with Crippen molar-refractivity contribution < 1.29 is 0 Å². The van der Waals surface area contributed by atoms with E-state index in [2.05, 4.69) is 26.3 Å². The number of hydrogen-bond donors (Lipinski definition) is 2. The Kier molecular flexibility index (Phi) is 2.88. The van der Waals surface area contributed by atoms with Gasteiger partial charge in [0.15, 0.2) is 5.65 Å². The highest BCUT2D eigenvalue weighted by atomic mass is 35.5. The smallest absolute Gasteiger partial charge is 0.177 e. The standard InChI is InChI=1S/C10H12N4.ClH/c1-3-11-5-7(1)8-2-4-12-10-9(8)13-6-14-10;/h2,4,6-7,11H,1,3,5H2,(H,12,13,14);1H. The van der Waals surface area contributed by atoms with Gasteiger partial charge in [-0.15, -0.1) is 12.4 Å². The lowest BCUT2D eigenvalue weighted by molar-refractivity contribution is 0.767. The summed E-state index contributed by atoms with van der Waals surface area (Å²) in [5.74, 6) is 0.612. The predicted octanol–water partition coefficient (Wildman–Crippen LogP) is 1.46. The van der Waals surface area contributed by atoms with Crippen LogP contribution in [0.5, 0.6) is 0 Å². The minimum absolute atomic E-state index is 0. The number of hydrogen-bond acceptors (Lipinski definition) is 3. The summed E-state index contributed by atoms with van der Waals surface area (Å²) >= 11 is 0. The Hall–Kier alpha value is -1.13. The van der Waals surface area contributed by atoms with Gasteiger partial charge >= 0.3 is 0 Å². The Bertz CT molecular complexity index is 447. The van der Waals surface area contributed by atoms with Crippen LogP contribution in [0.4, 0.5) is 0 Å². The molecule has 4 nitrogen and oxygen atoms in total. The molecule has 1 fully saturated rings. The Morgan fingerprint density at radius 1 is 1.33 bits per heavy atom. The summed E-state index contributed by atoms with van der Waals surface area (Å²) in [6.45, 7) is 2.18. The highest BCUT2D eigenvalue weighted by Crippen LogP contribution is 2.26. The van der Waals surface area contributed by atoms with Crippen LogP contribution in [0, 0.1) is 0 Å². The molecule has 3 rings (SSSR count). The van der Waals surface area contributed by atoms with Crippen molar-refractivity contribution in [2.24, 2.45) is 0 Å². The highest BCUT2D eigenvalue weighted by molar-refractivity contribution is 5.85. The third-order valence-electron chi connectivity index (χ3n) is 2.86. The van der Waals surface area contributed by atoms with Crippen molar-refractivity contribution in [1.82, 2.24) is 20.3 Å². The van der Waals surface area contributed by atoms with E-state index in [9.17, 15) is 0 Å². The Labute approximate surface area is 93.9 Å². The van der Waals surface area contributed by atoms with Crippen LogP contribution in [0.2, 0.25) is 0 Å². The molecule has 1 aliphatic heterocycles. The lowest BCUT2D eigenvalue weighted by Crippen LogP contribution is -2.08. The van der Waals surface area contributed by atoms with E-state index in [1.807, 2.05) is 6.20 Å². The molecule has 2 aromatic heterocycles. The van der Waals surface area contributed by atoms with E-state index in [0.717, 1.165) is 24.3 Å². The number of imidazole rings is 1. The van der Waals surface area contributed by atoms with Crippen LogP contribution in [0.25, 0.3) is 11.2 Å². The Morgan fingerprint density at radius 2 is 2.27 bits per heavy atom. The largest absolute Gasteiger partial charge is 0.343 e. The predicted molar refractivity (Wildman–Crippen MR) is 61.4 cm³/mol. The molecule has 0 amide bonds. The van der Waals surface area contributed by atoms with Crippen LogP contribution in [-0.4, -0.2) is 28.0 Å². The Morgan fingerprint density at radius 3 is 3.07 bits per heavy atom. The zero-order chi connectivity index (χ0) is 9.38. The molecule has 0 aliphatic carbocycles. The summed E-state index contributed by atoms with van der Waals surface area (Å²) in [5.41, 5.74) is 3.27. The maximum absolute atomic E-state index is 4.21. The third kappa shape index (κ3) is 1.70. The van der Waals surface area contributed by atoms with Crippen LogP contribution in [0.1, 0.15) is 17.9 Å². The first-order chi connectivity index (χ1) is 6.95. The average Bonchev–Trinajstić information content (AvgIpc) is 2.88. The molecule has 1 saturated heterocycles. The molecule has 1 unspecified atom stereocenters. The van der Waals surface area contributed by atoms with Crippen molar-refractivity contribution in [3.05, 3.63) is 24.2 Å². The van der Waals surface area contributed by atoms with Gasteiger partial charge in [-0.1, -0.05) is 0 Å². The number of H-pyrrole nitrogens is 1. The normalized spacial score (nSPS) is 20.4. The number of aromatic amines is 1. The number of halogens is 1. The maximum Gasteiger partial charge on any atom is 0.177 e. The number of nitrogens with one attached hydrogen (secondary N) is 2. The van der Waals surface area contributed by atoms with E-state index in [1.54, 1.807) is 6.33 Å². The first kappa shape index (κ1) is 10.4. The zero-order valence-electron chi connectivity index (χ0n) is 8.23. The molecule has 0 saturated carbocycles. The van der Waals surface area contributed by atoms with Crippen LogP contribution in [-0.2, 0) is 0 Å². The second-order valence-corrected chi connectivity index (χ2v) is 3.69. The molecule has 0 bridgehead atoms. The topological polar surface area (TPSA) is 53.6 Å². The van der Waals surface area contributed by atoms with Crippen molar-refractivity contribution in [2.75, 3.05) is 13.1 Å². The molecule has 1 atom stereocenters. The second kappa shape index (κ2) is 4.16. The number of aromatic nitrogens is 3. The molecule has 0 aromatic carbocycles. The number of pyridine rings is 1. The van der Waals surface area contributed by atoms with Crippen LogP contribution < -0.4 is 5.32 Å². The average molecular weight is 225 g/mol. The lowest BCUT2D eigenvalue weighted by Gasteiger charge is -2.08. The summed E-state index contributed by atoms with van der Waals surface area (Å²) in [6.07, 6.45) is 4.76. The summed E-state index contributed by atoms with van der Waals surface area (Å²) in [5, 5.41) is 3.37. The fourth-order valence-electron chi connectivity index (χ4n) is 2.13. The van der Waals surface area contributed by atoms with Crippen molar-refractivity contribution in [2.45, 2.75) is 12.3 Å². The molecule has 80 valence electrons. The van der Waals surface area contributed by atoms with Gasteiger partial charge in [-0.05, 0) is 30.5 Å². The number of fused-ring (bicyclic) bond motifs is 1. The van der Waals surface area contributed by atoms with Gasteiger partial charge in [0, 0.05) is 12.7 Å². The van der Waals surface area contributed by atoms with Crippen molar-refractivity contribution in [3.63, 3.8) is 0 Å². The van der Waals surface area contributed by atoms with Crippen molar-refractivity contribution in [1.29, 1.82) is 0 Å². The van der Waals surface area contributed by atoms with Crippen molar-refractivity contribution >= 4 is 23.6 Å². The molecular formula is C10H13ClN4. The molecular weight excluding hydrogens is 212 g/mol. The first-order valence-corrected chi connectivity index (χ1v) is 4.94. The van der Waals surface area contributed by atoms with E-state index in [4.69, 9.17) is 0 Å². The van der Waals surface area contributed by atoms with E-state index in [1.165, 1.54) is 12.0 Å². The summed E-state index contributed by atoms with van der Waals surface area (Å²) in [7, 11) is 0. The molecule has 1 aliphatic rings. The molecule has 2 aromatic rings. The second-order valence-electron chi connectivity index (χ2n) is 3.69. The molecule has 5 heteroatoms. The fraction of sp³-hybridized carbons (Fsp3) is 0.400. The van der Waals surface area contributed by atoms with Gasteiger partial charge < -0.3 is 10.3 Å². The van der Waals surface area contributed by atoms with Gasteiger partial charge in [0.05, 0.1) is 11.8 Å². The summed E-state index contributed by atoms with van der Waals surface area (Å²) < 4.78 is 0. The van der Waals surface area contributed by atoms with Gasteiger partial charge in [0.2, 0.25) is 0 Å². The summed E-state index contributed by atoms with van der Waals surface area (Å²) in [6, 6.07) is 2.10. The highest BCUT2D eigenvalue weighted by Gasteiger charge is 2.19. The lowest BCUT2D eigenvalue weighted by atomic mass is 9.99. The fourth-order valence-corrected chi connectivity index (χ4v) is 2.13. The SMILES string of the molecule is Cl.c1cc(C2CCNC2)c2[nH]cnc2n1. The Balaban J connectivity index is 0.000000853. The monoisotopic (exact) mass is 224 g/mol. The van der Waals surface area contributed by atoms with Gasteiger partial charge in [-0.25, -0.2) is 9.97 Å². The number of nitrogens with zero attached hydrogens (tertiary/aromatic N) is 2. The molecule has 0 spiro atoms. The number of rotatable bonds is 1. The minimum Gasteiger partial charge on any atom is -0.343 e. The third-order valence-corrected chi connectivity index (χ3v) is 2.86. The minimum atomic E-state index is 0. The first-order valence-electron chi connectivity index (χ1n) is 4.94. The van der Waals surface area contributed by atoms with Crippen molar-refractivity contribution in [3.8, 4) is 0 Å². The van der Waals surface area contributed by atoms with Gasteiger partial charge in [0.25, 0.3) is 0 Å². The molecule has 2 N–H and O–H groups in total. The quantitative estimate of drug-likeness (QED) is 0.771. The molecule has 0 radical (unpaired) electrons. The van der Waals surface area contributed by atoms with Crippen LogP contribution >= 0.6 is 12.4 Å². The molecule has 15 heavy (non-hydrogen) atoms. The summed E-state index contributed by atoms with van der Waals surface area (Å²) in [4.78, 5) is 11.5. The van der Waals surface area contributed by atoms with E-state index < -0.39 is 0 Å². The van der Waals surface area contributed by atoms with Gasteiger partial charge in [0.1, 0.15) is 0 Å². The zero-order valence-corrected chi connectivity index (χ0v) is 9.05. The van der Waals surface area contributed by atoms with E-state index >= 15 is 0 Å². The van der Waals surface area contributed by atoms with E-state index in [0.29, 0.717) is 5.92 Å².